The fourth-order valence-electron chi connectivity index (χ4n) is 2.73. The molecule has 4 rings (SSSR count). The summed E-state index contributed by atoms with van der Waals surface area (Å²) >= 11 is 0. The molecule has 2 heterocycles. The van der Waals surface area contributed by atoms with E-state index in [4.69, 9.17) is 4.42 Å². The number of hydrazone groups is 1. The van der Waals surface area contributed by atoms with Gasteiger partial charge in [-0.1, -0.05) is 35.9 Å². The zero-order valence-corrected chi connectivity index (χ0v) is 16.4. The number of rotatable bonds is 6. The van der Waals surface area contributed by atoms with E-state index in [1.807, 2.05) is 37.3 Å². The number of nitrogens with zero attached hydrogens (tertiary/aromatic N) is 3. The Morgan fingerprint density at radius 3 is 2.48 bits per heavy atom. The lowest BCUT2D eigenvalue weighted by Crippen LogP contribution is -2.18. The van der Waals surface area contributed by atoms with Crippen LogP contribution in [-0.4, -0.2) is 24.4 Å². The Morgan fingerprint density at radius 2 is 1.79 bits per heavy atom. The van der Waals surface area contributed by atoms with Gasteiger partial charge in [-0.25, -0.2) is 9.51 Å². The first-order valence-corrected chi connectivity index (χ1v) is 10.3. The van der Waals surface area contributed by atoms with E-state index in [0.717, 1.165) is 11.3 Å². The highest BCUT2D eigenvalue weighted by atomic mass is 32.2. The Hall–Kier alpha value is -3.65. The van der Waals surface area contributed by atoms with Crippen molar-refractivity contribution >= 4 is 16.2 Å². The zero-order valence-electron chi connectivity index (χ0n) is 15.6. The van der Waals surface area contributed by atoms with E-state index < -0.39 is 10.0 Å². The predicted molar refractivity (Wildman–Crippen MR) is 110 cm³/mol. The number of benzene rings is 2. The van der Waals surface area contributed by atoms with Crippen LogP contribution in [0.5, 0.6) is 0 Å². The summed E-state index contributed by atoms with van der Waals surface area (Å²) in [6, 6.07) is 19.7. The van der Waals surface area contributed by atoms with Crippen LogP contribution in [0.25, 0.3) is 17.1 Å². The van der Waals surface area contributed by atoms with Crippen LogP contribution in [0.15, 0.2) is 93.6 Å². The highest BCUT2D eigenvalue weighted by Crippen LogP contribution is 2.23. The molecular weight excluding hydrogens is 388 g/mol. The van der Waals surface area contributed by atoms with Gasteiger partial charge in [-0.2, -0.15) is 18.6 Å². The molecule has 2 aromatic heterocycles. The number of hydrogen-bond acceptors (Lipinski definition) is 5. The van der Waals surface area contributed by atoms with Crippen molar-refractivity contribution in [1.82, 2.24) is 14.6 Å². The van der Waals surface area contributed by atoms with Gasteiger partial charge in [0.2, 0.25) is 0 Å². The van der Waals surface area contributed by atoms with E-state index in [1.54, 1.807) is 41.4 Å². The molecule has 0 aliphatic rings. The first-order valence-electron chi connectivity index (χ1n) is 8.83. The van der Waals surface area contributed by atoms with Crippen LogP contribution in [0.2, 0.25) is 0 Å². The van der Waals surface area contributed by atoms with Crippen molar-refractivity contribution in [2.75, 3.05) is 0 Å². The predicted octanol–water partition coefficient (Wildman–Crippen LogP) is 3.75. The van der Waals surface area contributed by atoms with Crippen molar-refractivity contribution in [2.45, 2.75) is 11.8 Å². The fraction of sp³-hybridized carbons (Fsp3) is 0.0476. The van der Waals surface area contributed by atoms with Gasteiger partial charge >= 0.3 is 0 Å². The van der Waals surface area contributed by atoms with Crippen LogP contribution in [0.3, 0.4) is 0 Å². The van der Waals surface area contributed by atoms with Gasteiger partial charge in [0.1, 0.15) is 5.69 Å². The maximum atomic E-state index is 12.4. The van der Waals surface area contributed by atoms with Crippen LogP contribution in [0.4, 0.5) is 0 Å². The zero-order chi connectivity index (χ0) is 20.3. The Balaban J connectivity index is 1.64. The number of nitrogens with one attached hydrogen (secondary N) is 1. The second-order valence-electron chi connectivity index (χ2n) is 6.36. The third kappa shape index (κ3) is 4.12. The average molecular weight is 406 g/mol. The molecule has 0 aliphatic heterocycles. The van der Waals surface area contributed by atoms with Crippen molar-refractivity contribution in [3.05, 3.63) is 90.3 Å². The first-order chi connectivity index (χ1) is 14.0. The van der Waals surface area contributed by atoms with Crippen molar-refractivity contribution in [2.24, 2.45) is 5.10 Å². The van der Waals surface area contributed by atoms with Gasteiger partial charge in [-0.3, -0.25) is 0 Å². The number of sulfonamides is 1. The molecule has 7 nitrogen and oxygen atoms in total. The van der Waals surface area contributed by atoms with Gasteiger partial charge in [-0.05, 0) is 43.3 Å². The maximum Gasteiger partial charge on any atom is 0.276 e. The molecule has 1 N–H and O–H groups in total. The van der Waals surface area contributed by atoms with Crippen molar-refractivity contribution in [3.63, 3.8) is 0 Å². The molecule has 8 heteroatoms. The number of para-hydroxylation sites is 1. The van der Waals surface area contributed by atoms with Crippen LogP contribution in [0, 0.1) is 6.92 Å². The van der Waals surface area contributed by atoms with Crippen LogP contribution < -0.4 is 4.83 Å². The summed E-state index contributed by atoms with van der Waals surface area (Å²) in [5.74, 6) is 0.558. The number of aromatic nitrogens is 2. The SMILES string of the molecule is Cc1ccc(S(=O)(=O)N/N=C/c2cn(-c3ccccc3)nc2-c2ccco2)cc1. The van der Waals surface area contributed by atoms with E-state index in [-0.39, 0.29) is 4.90 Å². The fourth-order valence-corrected chi connectivity index (χ4v) is 3.53. The van der Waals surface area contributed by atoms with E-state index in [9.17, 15) is 8.42 Å². The Labute approximate surface area is 168 Å². The quantitative estimate of drug-likeness (QED) is 0.390. The van der Waals surface area contributed by atoms with Gasteiger partial charge in [0.25, 0.3) is 10.0 Å². The Kier molecular flexibility index (Phi) is 5.01. The summed E-state index contributed by atoms with van der Waals surface area (Å²) in [5.41, 5.74) is 3.00. The summed E-state index contributed by atoms with van der Waals surface area (Å²) < 4.78 is 32.0. The Morgan fingerprint density at radius 1 is 1.03 bits per heavy atom. The lowest BCUT2D eigenvalue weighted by molar-refractivity contribution is 0.579. The summed E-state index contributed by atoms with van der Waals surface area (Å²) in [5, 5.41) is 8.49. The molecule has 0 amide bonds. The lowest BCUT2D eigenvalue weighted by atomic mass is 10.2. The molecule has 0 unspecified atom stereocenters. The van der Waals surface area contributed by atoms with Gasteiger partial charge < -0.3 is 4.42 Å². The smallest absolute Gasteiger partial charge is 0.276 e. The van der Waals surface area contributed by atoms with Crippen LogP contribution in [-0.2, 0) is 10.0 Å². The highest BCUT2D eigenvalue weighted by Gasteiger charge is 2.15. The van der Waals surface area contributed by atoms with Gasteiger partial charge in [0.15, 0.2) is 5.76 Å². The minimum absolute atomic E-state index is 0.145. The summed E-state index contributed by atoms with van der Waals surface area (Å²) in [7, 11) is -3.76. The summed E-state index contributed by atoms with van der Waals surface area (Å²) in [4.78, 5) is 2.38. The summed E-state index contributed by atoms with van der Waals surface area (Å²) in [6.07, 6.45) is 4.73. The molecular formula is C21H18N4O3S. The lowest BCUT2D eigenvalue weighted by Gasteiger charge is -2.03. The Bertz CT molecular complexity index is 1230. The topological polar surface area (TPSA) is 89.5 Å². The molecule has 0 fully saturated rings. The molecule has 0 bridgehead atoms. The van der Waals surface area contributed by atoms with Gasteiger partial charge in [-0.15, -0.1) is 0 Å². The van der Waals surface area contributed by atoms with E-state index in [0.29, 0.717) is 17.0 Å². The third-order valence-electron chi connectivity index (χ3n) is 4.23. The molecule has 0 atom stereocenters. The molecule has 4 aromatic rings. The second kappa shape index (κ2) is 7.76. The highest BCUT2D eigenvalue weighted by molar-refractivity contribution is 7.89. The molecule has 0 saturated heterocycles. The maximum absolute atomic E-state index is 12.4. The first kappa shape index (κ1) is 18.7. The number of furan rings is 1. The third-order valence-corrected chi connectivity index (χ3v) is 5.46. The second-order valence-corrected chi connectivity index (χ2v) is 8.02. The van der Waals surface area contributed by atoms with Crippen LogP contribution >= 0.6 is 0 Å². The van der Waals surface area contributed by atoms with E-state index in [1.165, 1.54) is 18.3 Å². The average Bonchev–Trinajstić information content (AvgIpc) is 3.39. The van der Waals surface area contributed by atoms with Crippen molar-refractivity contribution in [1.29, 1.82) is 0 Å². The van der Waals surface area contributed by atoms with Gasteiger partial charge in [0, 0.05) is 11.8 Å². The molecule has 29 heavy (non-hydrogen) atoms. The molecule has 0 saturated carbocycles. The van der Waals surface area contributed by atoms with Gasteiger partial charge in [0.05, 0.1) is 23.1 Å². The minimum Gasteiger partial charge on any atom is -0.463 e. The minimum atomic E-state index is -3.76. The molecule has 0 spiro atoms. The standard InChI is InChI=1S/C21H18N4O3S/c1-16-9-11-19(12-10-16)29(26,27)24-22-14-17-15-25(18-6-3-2-4-7-18)23-21(17)20-8-5-13-28-20/h2-15,24H,1H3/b22-14+. The largest absolute Gasteiger partial charge is 0.463 e. The van der Waals surface area contributed by atoms with E-state index >= 15 is 0 Å². The molecule has 0 aliphatic carbocycles. The molecule has 2 aromatic carbocycles. The normalized spacial score (nSPS) is 11.8. The number of aryl methyl sites for hydroxylation is 1. The summed E-state index contributed by atoms with van der Waals surface area (Å²) in [6.45, 7) is 1.89. The van der Waals surface area contributed by atoms with Crippen LogP contribution in [0.1, 0.15) is 11.1 Å². The number of hydrogen-bond donors (Lipinski definition) is 1. The molecule has 0 radical (unpaired) electrons. The van der Waals surface area contributed by atoms with Crippen molar-refractivity contribution in [3.8, 4) is 17.1 Å². The van der Waals surface area contributed by atoms with E-state index in [2.05, 4.69) is 15.0 Å². The van der Waals surface area contributed by atoms with Crippen molar-refractivity contribution < 1.29 is 12.8 Å². The monoisotopic (exact) mass is 406 g/mol. The molecule has 146 valence electrons.